The first-order chi connectivity index (χ1) is 12.5. The highest BCUT2D eigenvalue weighted by Gasteiger charge is 2.14. The van der Waals surface area contributed by atoms with Crippen LogP contribution in [-0.2, 0) is 4.79 Å². The zero-order valence-corrected chi connectivity index (χ0v) is 14.5. The van der Waals surface area contributed by atoms with Gasteiger partial charge in [0.15, 0.2) is 6.61 Å². The molecule has 0 spiro atoms. The first kappa shape index (κ1) is 18.8. The van der Waals surface area contributed by atoms with E-state index in [0.717, 1.165) is 0 Å². The number of ether oxygens (including phenoxy) is 4. The van der Waals surface area contributed by atoms with Gasteiger partial charge in [-0.3, -0.25) is 14.9 Å². The molecule has 2 aromatic carbocycles. The van der Waals surface area contributed by atoms with E-state index in [1.54, 1.807) is 18.2 Å². The maximum absolute atomic E-state index is 12.1. The van der Waals surface area contributed by atoms with Gasteiger partial charge in [-0.1, -0.05) is 0 Å². The van der Waals surface area contributed by atoms with Crippen molar-refractivity contribution in [3.8, 4) is 23.0 Å². The summed E-state index contributed by atoms with van der Waals surface area (Å²) in [7, 11) is 4.37. The number of anilines is 1. The van der Waals surface area contributed by atoms with Gasteiger partial charge in [-0.05, 0) is 6.07 Å². The van der Waals surface area contributed by atoms with Crippen molar-refractivity contribution in [3.63, 3.8) is 0 Å². The third kappa shape index (κ3) is 4.76. The monoisotopic (exact) mass is 362 g/mol. The largest absolute Gasteiger partial charge is 0.496 e. The summed E-state index contributed by atoms with van der Waals surface area (Å²) in [6.07, 6.45) is 0. The Labute approximate surface area is 149 Å². The normalized spacial score (nSPS) is 9.96. The molecule has 0 aliphatic carbocycles. The highest BCUT2D eigenvalue weighted by atomic mass is 16.6. The molecule has 0 bridgehead atoms. The molecule has 138 valence electrons. The SMILES string of the molecule is COc1cc(OC)cc(OCC(=O)Nc2ccc([N+](=O)[O-])cc2OC)c1. The zero-order chi connectivity index (χ0) is 19.1. The number of carbonyl (C=O) groups excluding carboxylic acids is 1. The first-order valence-corrected chi connectivity index (χ1v) is 7.45. The van der Waals surface area contributed by atoms with E-state index in [1.807, 2.05) is 0 Å². The quantitative estimate of drug-likeness (QED) is 0.568. The number of non-ortho nitro benzene ring substituents is 1. The van der Waals surface area contributed by atoms with Gasteiger partial charge in [-0.2, -0.15) is 0 Å². The highest BCUT2D eigenvalue weighted by Crippen LogP contribution is 2.29. The lowest BCUT2D eigenvalue weighted by atomic mass is 10.2. The second-order valence-electron chi connectivity index (χ2n) is 5.03. The van der Waals surface area contributed by atoms with Crippen LogP contribution >= 0.6 is 0 Å². The topological polar surface area (TPSA) is 109 Å². The van der Waals surface area contributed by atoms with Crippen molar-refractivity contribution < 1.29 is 28.7 Å². The number of nitro groups is 1. The number of amides is 1. The maximum atomic E-state index is 12.1. The van der Waals surface area contributed by atoms with Crippen molar-refractivity contribution in [3.05, 3.63) is 46.5 Å². The minimum atomic E-state index is -0.548. The molecule has 0 aliphatic rings. The predicted octanol–water partition coefficient (Wildman–Crippen LogP) is 2.64. The molecule has 0 heterocycles. The Morgan fingerprint density at radius 1 is 1.00 bits per heavy atom. The summed E-state index contributed by atoms with van der Waals surface area (Å²) in [5, 5.41) is 13.4. The molecule has 0 aliphatic heterocycles. The molecular formula is C17H18N2O7. The smallest absolute Gasteiger partial charge is 0.273 e. The van der Waals surface area contributed by atoms with Crippen molar-refractivity contribution in [1.29, 1.82) is 0 Å². The Bertz CT molecular complexity index is 785. The van der Waals surface area contributed by atoms with Gasteiger partial charge in [-0.15, -0.1) is 0 Å². The predicted molar refractivity (Wildman–Crippen MR) is 93.3 cm³/mol. The summed E-state index contributed by atoms with van der Waals surface area (Å²) in [5.41, 5.74) is 0.162. The van der Waals surface area contributed by atoms with Crippen molar-refractivity contribution >= 4 is 17.3 Å². The van der Waals surface area contributed by atoms with E-state index in [9.17, 15) is 14.9 Å². The third-order valence-electron chi connectivity index (χ3n) is 3.36. The van der Waals surface area contributed by atoms with Crippen LogP contribution in [0.15, 0.2) is 36.4 Å². The maximum Gasteiger partial charge on any atom is 0.273 e. The number of methoxy groups -OCH3 is 3. The average molecular weight is 362 g/mol. The van der Waals surface area contributed by atoms with E-state index in [-0.39, 0.29) is 18.0 Å². The van der Waals surface area contributed by atoms with Crippen LogP contribution in [0.1, 0.15) is 0 Å². The Balaban J connectivity index is 2.04. The third-order valence-corrected chi connectivity index (χ3v) is 3.36. The van der Waals surface area contributed by atoms with Gasteiger partial charge in [0.2, 0.25) is 0 Å². The molecule has 2 rings (SSSR count). The Morgan fingerprint density at radius 3 is 2.15 bits per heavy atom. The van der Waals surface area contributed by atoms with Gasteiger partial charge in [-0.25, -0.2) is 0 Å². The fraction of sp³-hybridized carbons (Fsp3) is 0.235. The van der Waals surface area contributed by atoms with Crippen molar-refractivity contribution in [2.75, 3.05) is 33.3 Å². The number of carbonyl (C=O) groups is 1. The molecule has 2 aromatic rings. The second kappa shape index (κ2) is 8.56. The second-order valence-corrected chi connectivity index (χ2v) is 5.03. The van der Waals surface area contributed by atoms with Crippen LogP contribution in [0.2, 0.25) is 0 Å². The van der Waals surface area contributed by atoms with Gasteiger partial charge in [0.1, 0.15) is 23.0 Å². The molecule has 0 saturated carbocycles. The van der Waals surface area contributed by atoms with E-state index < -0.39 is 10.8 Å². The lowest BCUT2D eigenvalue weighted by Crippen LogP contribution is -2.20. The summed E-state index contributed by atoms with van der Waals surface area (Å²) >= 11 is 0. The number of rotatable bonds is 8. The molecule has 0 radical (unpaired) electrons. The fourth-order valence-corrected chi connectivity index (χ4v) is 2.10. The van der Waals surface area contributed by atoms with Gasteiger partial charge >= 0.3 is 0 Å². The summed E-state index contributed by atoms with van der Waals surface area (Å²) in [6.45, 7) is -0.281. The Kier molecular flexibility index (Phi) is 6.20. The lowest BCUT2D eigenvalue weighted by Gasteiger charge is -2.12. The number of hydrogen-bond donors (Lipinski definition) is 1. The van der Waals surface area contributed by atoms with Crippen molar-refractivity contribution in [1.82, 2.24) is 0 Å². The minimum absolute atomic E-state index is 0.139. The number of nitrogens with one attached hydrogen (secondary N) is 1. The number of nitrogens with zero attached hydrogens (tertiary/aromatic N) is 1. The number of nitro benzene ring substituents is 1. The van der Waals surface area contributed by atoms with Crippen LogP contribution in [-0.4, -0.2) is 38.8 Å². The zero-order valence-electron chi connectivity index (χ0n) is 14.5. The van der Waals surface area contributed by atoms with Gasteiger partial charge in [0.25, 0.3) is 11.6 Å². The summed E-state index contributed by atoms with van der Waals surface area (Å²) in [5.74, 6) is 1.16. The molecule has 0 fully saturated rings. The van der Waals surface area contributed by atoms with Crippen molar-refractivity contribution in [2.24, 2.45) is 0 Å². The molecule has 9 heteroatoms. The minimum Gasteiger partial charge on any atom is -0.496 e. The molecule has 1 N–H and O–H groups in total. The molecule has 9 nitrogen and oxygen atoms in total. The first-order valence-electron chi connectivity index (χ1n) is 7.45. The molecular weight excluding hydrogens is 344 g/mol. The molecule has 26 heavy (non-hydrogen) atoms. The van der Waals surface area contributed by atoms with Gasteiger partial charge in [0, 0.05) is 24.3 Å². The average Bonchev–Trinajstić information content (AvgIpc) is 2.66. The Hall–Kier alpha value is -3.49. The standard InChI is InChI=1S/C17H18N2O7/c1-23-12-7-13(24-2)9-14(8-12)26-10-17(20)18-15-5-4-11(19(21)22)6-16(15)25-3/h4-9H,10H2,1-3H3,(H,18,20). The molecule has 0 atom stereocenters. The van der Waals surface area contributed by atoms with Crippen molar-refractivity contribution in [2.45, 2.75) is 0 Å². The lowest BCUT2D eigenvalue weighted by molar-refractivity contribution is -0.384. The molecule has 1 amide bonds. The van der Waals surface area contributed by atoms with Gasteiger partial charge < -0.3 is 24.3 Å². The van der Waals surface area contributed by atoms with Crippen LogP contribution in [0, 0.1) is 10.1 Å². The van der Waals surface area contributed by atoms with E-state index >= 15 is 0 Å². The highest BCUT2D eigenvalue weighted by molar-refractivity contribution is 5.93. The van der Waals surface area contributed by atoms with Crippen LogP contribution in [0.25, 0.3) is 0 Å². The molecule has 0 unspecified atom stereocenters. The number of benzene rings is 2. The van der Waals surface area contributed by atoms with Crippen LogP contribution in [0.5, 0.6) is 23.0 Å². The van der Waals surface area contributed by atoms with E-state index in [1.165, 1.54) is 39.5 Å². The van der Waals surface area contributed by atoms with E-state index in [4.69, 9.17) is 18.9 Å². The summed E-state index contributed by atoms with van der Waals surface area (Å²) < 4.78 is 20.8. The summed E-state index contributed by atoms with van der Waals surface area (Å²) in [6, 6.07) is 8.79. The molecule has 0 saturated heterocycles. The van der Waals surface area contributed by atoms with Crippen LogP contribution < -0.4 is 24.3 Å². The van der Waals surface area contributed by atoms with Gasteiger partial charge in [0.05, 0.1) is 38.0 Å². The van der Waals surface area contributed by atoms with E-state index in [0.29, 0.717) is 22.9 Å². The Morgan fingerprint density at radius 2 is 1.62 bits per heavy atom. The van der Waals surface area contributed by atoms with Crippen LogP contribution in [0.3, 0.4) is 0 Å². The fourth-order valence-electron chi connectivity index (χ4n) is 2.10. The summed E-state index contributed by atoms with van der Waals surface area (Å²) in [4.78, 5) is 22.3. The molecule has 0 aromatic heterocycles. The number of hydrogen-bond acceptors (Lipinski definition) is 7. The van der Waals surface area contributed by atoms with Crippen LogP contribution in [0.4, 0.5) is 11.4 Å². The van der Waals surface area contributed by atoms with E-state index in [2.05, 4.69) is 5.32 Å².